The summed E-state index contributed by atoms with van der Waals surface area (Å²) in [5.41, 5.74) is 3.37. The van der Waals surface area contributed by atoms with Gasteiger partial charge in [-0.3, -0.25) is 0 Å². The monoisotopic (exact) mass is 547 g/mol. The minimum atomic E-state index is -0.508. The van der Waals surface area contributed by atoms with Gasteiger partial charge in [-0.15, -0.1) is 0 Å². The van der Waals surface area contributed by atoms with Crippen LogP contribution in [0.15, 0.2) is 34.6 Å². The van der Waals surface area contributed by atoms with Crippen molar-refractivity contribution in [2.24, 2.45) is 11.8 Å². The quantitative estimate of drug-likeness (QED) is 0.0989. The molecule has 1 rings (SSSR count). The number of aliphatic hydroxyl groups excluding tert-OH is 1. The first-order valence-electron chi connectivity index (χ1n) is 16.7. The summed E-state index contributed by atoms with van der Waals surface area (Å²) in [6, 6.07) is 0. The minimum absolute atomic E-state index is 0.128. The molecule has 228 valence electrons. The molecule has 0 saturated heterocycles. The van der Waals surface area contributed by atoms with E-state index in [0.29, 0.717) is 5.92 Å². The van der Waals surface area contributed by atoms with Crippen LogP contribution in [0.4, 0.5) is 0 Å². The smallest absolute Gasteiger partial charge is 0.121 e. The van der Waals surface area contributed by atoms with Gasteiger partial charge in [-0.25, -0.2) is 0 Å². The summed E-state index contributed by atoms with van der Waals surface area (Å²) in [7, 11) is 0. The van der Waals surface area contributed by atoms with Crippen LogP contribution < -0.4 is 0 Å². The Balaban J connectivity index is 2.40. The van der Waals surface area contributed by atoms with Crippen LogP contribution >= 0.6 is 0 Å². The van der Waals surface area contributed by atoms with E-state index in [1.165, 1.54) is 74.5 Å². The van der Waals surface area contributed by atoms with Crippen molar-refractivity contribution in [1.82, 2.24) is 0 Å². The average Bonchev–Trinajstić information content (AvgIpc) is 2.89. The molecule has 4 unspecified atom stereocenters. The summed E-state index contributed by atoms with van der Waals surface area (Å²) in [6.45, 7) is 16.1. The van der Waals surface area contributed by atoms with Gasteiger partial charge in [0.15, 0.2) is 0 Å². The summed E-state index contributed by atoms with van der Waals surface area (Å²) in [6.07, 6.45) is 25.0. The van der Waals surface area contributed by atoms with E-state index in [-0.39, 0.29) is 5.92 Å². The molecular formula is C36H66O3. The van der Waals surface area contributed by atoms with Crippen LogP contribution in [-0.4, -0.2) is 28.5 Å². The maximum Gasteiger partial charge on any atom is 0.121 e. The van der Waals surface area contributed by atoms with Gasteiger partial charge in [-0.05, 0) is 102 Å². The summed E-state index contributed by atoms with van der Waals surface area (Å²) in [5, 5.41) is 21.2. The Morgan fingerprint density at radius 3 is 2.28 bits per heavy atom. The molecule has 0 aliphatic heterocycles. The van der Waals surface area contributed by atoms with Crippen LogP contribution in [0.5, 0.6) is 0 Å². The molecule has 0 heterocycles. The van der Waals surface area contributed by atoms with E-state index in [1.807, 2.05) is 6.92 Å². The van der Waals surface area contributed by atoms with Crippen molar-refractivity contribution in [2.75, 3.05) is 6.61 Å². The zero-order valence-electron chi connectivity index (χ0n) is 27.1. The second-order valence-corrected chi connectivity index (χ2v) is 13.0. The number of hydrogen-bond acceptors (Lipinski definition) is 3. The summed E-state index contributed by atoms with van der Waals surface area (Å²) in [5.74, 6) is 1.82. The van der Waals surface area contributed by atoms with Crippen molar-refractivity contribution >= 4 is 0 Å². The van der Waals surface area contributed by atoms with E-state index in [2.05, 4.69) is 53.7 Å². The van der Waals surface area contributed by atoms with E-state index in [1.54, 1.807) is 0 Å². The molecule has 0 radical (unpaired) electrons. The highest BCUT2D eigenvalue weighted by atomic mass is 16.5. The highest BCUT2D eigenvalue weighted by molar-refractivity contribution is 5.37. The molecule has 0 amide bonds. The standard InChI is InChI=1S/C36H66O3/c1-8-10-12-14-15-17-27-39-35-32(6)31(5)34(37)28-33(35)24-23-30(4)21-18-20-29(3)22-19-26-36(7,38)25-16-13-11-9-2/h20,28,30-31,34,37-38H,8-19,21-27H2,1-7H3/b29-20+. The molecule has 1 aliphatic carbocycles. The Hall–Kier alpha value is -1.06. The SMILES string of the molecule is CCCCCCCCOC1=C(C)C(C)C(O)C=C1CCC(C)CC/C=C(\C)CCCC(C)(O)CCCCCC. The van der Waals surface area contributed by atoms with Gasteiger partial charge < -0.3 is 14.9 Å². The van der Waals surface area contributed by atoms with Gasteiger partial charge in [0.2, 0.25) is 0 Å². The van der Waals surface area contributed by atoms with Gasteiger partial charge in [-0.1, -0.05) is 97.1 Å². The van der Waals surface area contributed by atoms with Crippen molar-refractivity contribution in [1.29, 1.82) is 0 Å². The third-order valence-corrected chi connectivity index (χ3v) is 8.88. The zero-order valence-corrected chi connectivity index (χ0v) is 27.1. The molecule has 1 aliphatic rings. The largest absolute Gasteiger partial charge is 0.493 e. The fraction of sp³-hybridized carbons (Fsp3) is 0.833. The van der Waals surface area contributed by atoms with Crippen LogP contribution in [0.3, 0.4) is 0 Å². The van der Waals surface area contributed by atoms with Crippen LogP contribution in [0.1, 0.15) is 164 Å². The Bertz CT molecular complexity index is 730. The van der Waals surface area contributed by atoms with E-state index < -0.39 is 11.7 Å². The highest BCUT2D eigenvalue weighted by Crippen LogP contribution is 2.34. The summed E-state index contributed by atoms with van der Waals surface area (Å²) >= 11 is 0. The van der Waals surface area contributed by atoms with Crippen molar-refractivity contribution in [3.05, 3.63) is 34.6 Å². The first kappa shape index (κ1) is 36.0. The van der Waals surface area contributed by atoms with Gasteiger partial charge in [0.25, 0.3) is 0 Å². The van der Waals surface area contributed by atoms with Gasteiger partial charge >= 0.3 is 0 Å². The second kappa shape index (κ2) is 20.8. The third-order valence-electron chi connectivity index (χ3n) is 8.88. The molecule has 0 aromatic rings. The van der Waals surface area contributed by atoms with Crippen molar-refractivity contribution in [3.63, 3.8) is 0 Å². The number of aliphatic hydroxyl groups is 2. The maximum absolute atomic E-state index is 10.7. The topological polar surface area (TPSA) is 49.7 Å². The van der Waals surface area contributed by atoms with Crippen LogP contribution in [0.2, 0.25) is 0 Å². The van der Waals surface area contributed by atoms with E-state index in [4.69, 9.17) is 4.74 Å². The molecule has 4 atom stereocenters. The lowest BCUT2D eigenvalue weighted by Crippen LogP contribution is -2.23. The number of hydrogen-bond donors (Lipinski definition) is 2. The molecule has 0 saturated carbocycles. The molecule has 0 fully saturated rings. The van der Waals surface area contributed by atoms with Gasteiger partial charge in [-0.2, -0.15) is 0 Å². The lowest BCUT2D eigenvalue weighted by molar-refractivity contribution is 0.0374. The molecule has 0 aromatic carbocycles. The molecule has 3 heteroatoms. The molecule has 0 aromatic heterocycles. The lowest BCUT2D eigenvalue weighted by Gasteiger charge is -2.29. The van der Waals surface area contributed by atoms with Gasteiger partial charge in [0.1, 0.15) is 5.76 Å². The molecule has 3 nitrogen and oxygen atoms in total. The normalized spacial score (nSPS) is 20.6. The molecule has 39 heavy (non-hydrogen) atoms. The predicted molar refractivity (Wildman–Crippen MR) is 170 cm³/mol. The number of allylic oxidation sites excluding steroid dienone is 3. The fourth-order valence-electron chi connectivity index (χ4n) is 5.67. The molecule has 0 spiro atoms. The fourth-order valence-corrected chi connectivity index (χ4v) is 5.67. The van der Waals surface area contributed by atoms with Crippen LogP contribution in [-0.2, 0) is 4.74 Å². The minimum Gasteiger partial charge on any atom is -0.493 e. The zero-order chi connectivity index (χ0) is 29.1. The number of rotatable bonds is 23. The van der Waals surface area contributed by atoms with Gasteiger partial charge in [0, 0.05) is 5.92 Å². The third kappa shape index (κ3) is 16.1. The molecule has 0 bridgehead atoms. The Morgan fingerprint density at radius 2 is 1.59 bits per heavy atom. The molecule has 2 N–H and O–H groups in total. The molecular weight excluding hydrogens is 480 g/mol. The van der Waals surface area contributed by atoms with Crippen molar-refractivity contribution in [3.8, 4) is 0 Å². The van der Waals surface area contributed by atoms with Crippen molar-refractivity contribution in [2.45, 2.75) is 176 Å². The maximum atomic E-state index is 10.7. The Morgan fingerprint density at radius 1 is 0.974 bits per heavy atom. The number of ether oxygens (including phenoxy) is 1. The average molecular weight is 547 g/mol. The second-order valence-electron chi connectivity index (χ2n) is 13.0. The van der Waals surface area contributed by atoms with Crippen LogP contribution in [0.25, 0.3) is 0 Å². The Labute approximate surface area is 243 Å². The first-order chi connectivity index (χ1) is 18.6. The van der Waals surface area contributed by atoms with Crippen molar-refractivity contribution < 1.29 is 14.9 Å². The summed E-state index contributed by atoms with van der Waals surface area (Å²) < 4.78 is 6.34. The lowest BCUT2D eigenvalue weighted by atomic mass is 9.84. The van der Waals surface area contributed by atoms with E-state index >= 15 is 0 Å². The Kier molecular flexibility index (Phi) is 19.1. The van der Waals surface area contributed by atoms with E-state index in [0.717, 1.165) is 70.2 Å². The van der Waals surface area contributed by atoms with E-state index in [9.17, 15) is 10.2 Å². The van der Waals surface area contributed by atoms with Crippen LogP contribution in [0, 0.1) is 11.8 Å². The predicted octanol–water partition coefficient (Wildman–Crippen LogP) is 10.6. The van der Waals surface area contributed by atoms with Gasteiger partial charge in [0.05, 0.1) is 18.3 Å². The highest BCUT2D eigenvalue weighted by Gasteiger charge is 2.26. The first-order valence-corrected chi connectivity index (χ1v) is 16.7. The number of unbranched alkanes of at least 4 members (excludes halogenated alkanes) is 8. The summed E-state index contributed by atoms with van der Waals surface area (Å²) in [4.78, 5) is 0.